The van der Waals surface area contributed by atoms with Gasteiger partial charge in [-0.3, -0.25) is 9.59 Å². The fourth-order valence-corrected chi connectivity index (χ4v) is 9.32. The van der Waals surface area contributed by atoms with Gasteiger partial charge in [0.15, 0.2) is 6.10 Å². The number of unbranched alkanes of at least 4 members (excludes halogenated alkanes) is 24. The van der Waals surface area contributed by atoms with E-state index in [-0.39, 0.29) is 32.2 Å². The normalized spacial score (nSPS) is 13.6. The van der Waals surface area contributed by atoms with E-state index >= 15 is 0 Å². The summed E-state index contributed by atoms with van der Waals surface area (Å²) in [6.07, 6.45) is 95.2. The smallest absolute Gasteiger partial charge is 0.361 e. The molecule has 494 valence electrons. The number of rotatable bonds is 63. The molecule has 1 N–H and O–H groups in total. The van der Waals surface area contributed by atoms with E-state index in [0.29, 0.717) is 23.9 Å². The van der Waals surface area contributed by atoms with E-state index in [2.05, 4.69) is 160 Å². The second kappa shape index (κ2) is 67.1. The molecule has 0 saturated carbocycles. The minimum atomic E-state index is -1.52. The Morgan fingerprint density at radius 3 is 0.920 bits per heavy atom. The molecule has 0 saturated heterocycles. The number of aliphatic carboxylic acids is 1. The molecule has 0 spiro atoms. The average Bonchev–Trinajstić information content (AvgIpc) is 3.56. The molecule has 9 nitrogen and oxygen atoms in total. The Labute approximate surface area is 534 Å². The second-order valence-electron chi connectivity index (χ2n) is 24.1. The monoisotopic (exact) mass is 1210 g/mol. The maximum absolute atomic E-state index is 13.0. The third-order valence-electron chi connectivity index (χ3n) is 14.6. The van der Waals surface area contributed by atoms with Crippen LogP contribution in [0.1, 0.15) is 271 Å². The summed E-state index contributed by atoms with van der Waals surface area (Å²) in [5, 5.41) is 9.75. The summed E-state index contributed by atoms with van der Waals surface area (Å²) in [5.74, 6) is -2.02. The summed E-state index contributed by atoms with van der Waals surface area (Å²) in [7, 11) is 5.97. The maximum atomic E-state index is 13.0. The van der Waals surface area contributed by atoms with E-state index in [0.717, 1.165) is 122 Å². The fraction of sp³-hybridized carbons (Fsp3) is 0.654. The van der Waals surface area contributed by atoms with E-state index in [9.17, 15) is 19.5 Å². The summed E-state index contributed by atoms with van der Waals surface area (Å²) in [5.41, 5.74) is 0. The zero-order valence-electron chi connectivity index (χ0n) is 56.4. The summed E-state index contributed by atoms with van der Waals surface area (Å²) >= 11 is 0. The van der Waals surface area contributed by atoms with E-state index in [1.807, 2.05) is 21.1 Å². The van der Waals surface area contributed by atoms with Crippen LogP contribution in [0, 0.1) is 0 Å². The van der Waals surface area contributed by atoms with Crippen molar-refractivity contribution in [3.8, 4) is 0 Å². The molecule has 0 amide bonds. The fourth-order valence-electron chi connectivity index (χ4n) is 9.32. The molecule has 0 radical (unpaired) electrons. The standard InChI is InChI=1S/C78H129NO8/c1-6-8-10-12-14-16-18-20-22-24-26-28-30-32-34-35-36-37-38-39-40-41-43-45-47-49-51-53-55-57-59-61-63-65-67-69-76(81)87-74(73-86-78(77(82)83)84-71-70-79(3,4)5)72-85-75(80)68-66-64-62-60-58-56-54-52-50-48-46-44-42-33-31-29-27-25-23-21-19-17-15-13-11-9-7-2/h8-11,14-17,20-23,26-29,32,34,36-37,39-40,43,45,74,78H,6-7,12-13,18-19,24-25,30-31,33,35,38,41-42,44,46-73H2,1-5H3/p+1/b10-8-,11-9-,16-14-,17-15-,22-20-,23-21-,28-26-,29-27-,34-32-,37-36-,40-39-,45-43-. The Balaban J connectivity index is 4.17. The number of hydrogen-bond donors (Lipinski definition) is 1. The minimum absolute atomic E-state index is 0.180. The van der Waals surface area contributed by atoms with Gasteiger partial charge < -0.3 is 28.5 Å². The van der Waals surface area contributed by atoms with Gasteiger partial charge >= 0.3 is 17.9 Å². The number of carboxylic acid groups (broad SMARTS) is 1. The molecule has 0 bridgehead atoms. The van der Waals surface area contributed by atoms with Crippen molar-refractivity contribution >= 4 is 17.9 Å². The van der Waals surface area contributed by atoms with Crippen LogP contribution in [0.15, 0.2) is 146 Å². The van der Waals surface area contributed by atoms with Crippen molar-refractivity contribution in [1.29, 1.82) is 0 Å². The molecule has 0 fully saturated rings. The topological polar surface area (TPSA) is 108 Å². The molecule has 0 aromatic heterocycles. The van der Waals surface area contributed by atoms with Gasteiger partial charge in [-0.1, -0.05) is 288 Å². The van der Waals surface area contributed by atoms with Crippen molar-refractivity contribution in [2.24, 2.45) is 0 Å². The van der Waals surface area contributed by atoms with Gasteiger partial charge in [0.1, 0.15) is 13.2 Å². The van der Waals surface area contributed by atoms with Gasteiger partial charge in [0.2, 0.25) is 0 Å². The SMILES string of the molecule is CC/C=C\C/C=C\C/C=C\C/C=C\C/C=C\C/C=C\C/C=C\C/C=C\CCCCCCCCCCCCC(=O)OC(COC(=O)CCCCCCCCCCCCCCCC/C=C\C/C=C\C/C=C\C/C=C\CC)COC(OCC[N+](C)(C)C)C(=O)O. The number of carbonyl (C=O) groups is 3. The molecule has 0 aromatic carbocycles. The highest BCUT2D eigenvalue weighted by molar-refractivity contribution is 5.71. The van der Waals surface area contributed by atoms with Gasteiger partial charge in [0.25, 0.3) is 6.29 Å². The number of quaternary nitrogens is 1. The zero-order chi connectivity index (χ0) is 63.3. The van der Waals surface area contributed by atoms with Gasteiger partial charge in [-0.2, -0.15) is 0 Å². The summed E-state index contributed by atoms with van der Waals surface area (Å²) in [4.78, 5) is 37.6. The number of carboxylic acids is 1. The van der Waals surface area contributed by atoms with Crippen LogP contribution < -0.4 is 0 Å². The number of esters is 2. The number of nitrogens with zero attached hydrogens (tertiary/aromatic N) is 1. The van der Waals surface area contributed by atoms with Crippen LogP contribution in [0.25, 0.3) is 0 Å². The van der Waals surface area contributed by atoms with Gasteiger partial charge in [-0.25, -0.2) is 4.79 Å². The number of ether oxygens (including phenoxy) is 4. The number of allylic oxidation sites excluding steroid dienone is 24. The average molecular weight is 1210 g/mol. The number of hydrogen-bond acceptors (Lipinski definition) is 7. The number of carbonyl (C=O) groups excluding carboxylic acids is 2. The lowest BCUT2D eigenvalue weighted by atomic mass is 10.0. The first-order valence-corrected chi connectivity index (χ1v) is 35.0. The van der Waals surface area contributed by atoms with Crippen LogP contribution >= 0.6 is 0 Å². The maximum Gasteiger partial charge on any atom is 0.361 e. The minimum Gasteiger partial charge on any atom is -0.477 e. The number of likely N-dealkylation sites (N-methyl/N-ethyl adjacent to an activating group) is 1. The molecule has 2 atom stereocenters. The van der Waals surface area contributed by atoms with Crippen LogP contribution in [-0.2, 0) is 33.3 Å². The summed E-state index contributed by atoms with van der Waals surface area (Å²) < 4.78 is 23.0. The predicted octanol–water partition coefficient (Wildman–Crippen LogP) is 21.9. The molecule has 2 unspecified atom stereocenters. The van der Waals surface area contributed by atoms with Crippen molar-refractivity contribution in [3.63, 3.8) is 0 Å². The van der Waals surface area contributed by atoms with Crippen molar-refractivity contribution in [3.05, 3.63) is 146 Å². The molecular formula is C78H130NO8+. The van der Waals surface area contributed by atoms with Crippen molar-refractivity contribution in [2.75, 3.05) is 47.5 Å². The highest BCUT2D eigenvalue weighted by Crippen LogP contribution is 2.17. The van der Waals surface area contributed by atoms with Gasteiger partial charge in [-0.05, 0) is 116 Å². The lowest BCUT2D eigenvalue weighted by Gasteiger charge is -2.25. The molecule has 0 aromatic rings. The first-order chi connectivity index (χ1) is 42.6. The Morgan fingerprint density at radius 2 is 0.621 bits per heavy atom. The second-order valence-corrected chi connectivity index (χ2v) is 24.1. The van der Waals surface area contributed by atoms with Gasteiger partial charge in [-0.15, -0.1) is 0 Å². The van der Waals surface area contributed by atoms with Crippen LogP contribution in [0.5, 0.6) is 0 Å². The van der Waals surface area contributed by atoms with Crippen LogP contribution in [0.2, 0.25) is 0 Å². The van der Waals surface area contributed by atoms with Crippen LogP contribution in [0.3, 0.4) is 0 Å². The van der Waals surface area contributed by atoms with E-state index in [1.165, 1.54) is 116 Å². The van der Waals surface area contributed by atoms with E-state index < -0.39 is 24.3 Å². The molecule has 0 aliphatic rings. The largest absolute Gasteiger partial charge is 0.477 e. The molecule has 0 heterocycles. The van der Waals surface area contributed by atoms with Crippen LogP contribution in [-0.4, -0.2) is 87.4 Å². The quantitative estimate of drug-likeness (QED) is 0.0211. The Kier molecular flexibility index (Phi) is 63.4. The Hall–Kier alpha value is -4.83. The Bertz CT molecular complexity index is 1940. The van der Waals surface area contributed by atoms with Crippen molar-refractivity contribution in [1.82, 2.24) is 0 Å². The third-order valence-corrected chi connectivity index (χ3v) is 14.6. The van der Waals surface area contributed by atoms with Gasteiger partial charge in [0.05, 0.1) is 34.4 Å². The molecular weight excluding hydrogens is 1080 g/mol. The lowest BCUT2D eigenvalue weighted by molar-refractivity contribution is -0.870. The van der Waals surface area contributed by atoms with E-state index in [4.69, 9.17) is 18.9 Å². The van der Waals surface area contributed by atoms with E-state index in [1.54, 1.807) is 0 Å². The Morgan fingerprint density at radius 1 is 0.345 bits per heavy atom. The third kappa shape index (κ3) is 68.5. The predicted molar refractivity (Wildman–Crippen MR) is 373 cm³/mol. The summed E-state index contributed by atoms with van der Waals surface area (Å²) in [6.45, 7) is 4.65. The summed E-state index contributed by atoms with van der Waals surface area (Å²) in [6, 6.07) is 0. The lowest BCUT2D eigenvalue weighted by Crippen LogP contribution is -2.40. The van der Waals surface area contributed by atoms with Gasteiger partial charge in [0, 0.05) is 12.8 Å². The molecule has 0 rings (SSSR count). The molecule has 0 aliphatic carbocycles. The molecule has 0 aliphatic heterocycles. The van der Waals surface area contributed by atoms with Crippen molar-refractivity contribution in [2.45, 2.75) is 283 Å². The first-order valence-electron chi connectivity index (χ1n) is 35.0. The molecule has 9 heteroatoms. The molecule has 87 heavy (non-hydrogen) atoms. The highest BCUT2D eigenvalue weighted by atomic mass is 16.7. The first kappa shape index (κ1) is 82.2. The highest BCUT2D eigenvalue weighted by Gasteiger charge is 2.25. The van der Waals surface area contributed by atoms with Crippen LogP contribution in [0.4, 0.5) is 0 Å². The zero-order valence-corrected chi connectivity index (χ0v) is 56.4. The van der Waals surface area contributed by atoms with Crippen molar-refractivity contribution < 1.29 is 42.9 Å².